The SMILES string of the molecule is CCCC[C@H](CC)Cn1ccc(C(=O)O)cc1=O. The second-order valence-electron chi connectivity index (χ2n) is 4.63. The highest BCUT2D eigenvalue weighted by atomic mass is 16.4. The molecule has 0 unspecified atom stereocenters. The quantitative estimate of drug-likeness (QED) is 0.810. The first kappa shape index (κ1) is 14.5. The molecule has 18 heavy (non-hydrogen) atoms. The van der Waals surface area contributed by atoms with E-state index in [4.69, 9.17) is 5.11 Å². The van der Waals surface area contributed by atoms with Crippen molar-refractivity contribution in [2.45, 2.75) is 46.1 Å². The van der Waals surface area contributed by atoms with E-state index in [0.29, 0.717) is 12.5 Å². The van der Waals surface area contributed by atoms with E-state index in [1.54, 1.807) is 10.8 Å². The number of unbranched alkanes of at least 4 members (excludes halogenated alkanes) is 1. The van der Waals surface area contributed by atoms with Crippen LogP contribution in [0.2, 0.25) is 0 Å². The van der Waals surface area contributed by atoms with Crippen LogP contribution in [0.15, 0.2) is 23.1 Å². The molecule has 1 N–H and O–H groups in total. The molecule has 0 aliphatic rings. The molecule has 4 nitrogen and oxygen atoms in total. The number of hydrogen-bond donors (Lipinski definition) is 1. The molecule has 1 atom stereocenters. The molecule has 1 aromatic heterocycles. The highest BCUT2D eigenvalue weighted by molar-refractivity contribution is 5.87. The molecule has 0 amide bonds. The lowest BCUT2D eigenvalue weighted by Gasteiger charge is -2.16. The van der Waals surface area contributed by atoms with Crippen LogP contribution in [0.3, 0.4) is 0 Å². The van der Waals surface area contributed by atoms with Gasteiger partial charge >= 0.3 is 5.97 Å². The van der Waals surface area contributed by atoms with E-state index in [-0.39, 0.29) is 11.1 Å². The molecule has 0 radical (unpaired) electrons. The number of carbonyl (C=O) groups is 1. The van der Waals surface area contributed by atoms with Crippen molar-refractivity contribution in [3.05, 3.63) is 34.2 Å². The van der Waals surface area contributed by atoms with Gasteiger partial charge < -0.3 is 9.67 Å². The third-order valence-corrected chi connectivity index (χ3v) is 3.24. The van der Waals surface area contributed by atoms with Crippen molar-refractivity contribution >= 4 is 5.97 Å². The summed E-state index contributed by atoms with van der Waals surface area (Å²) < 4.78 is 1.61. The van der Waals surface area contributed by atoms with Gasteiger partial charge in [0.05, 0.1) is 5.56 Å². The van der Waals surface area contributed by atoms with Gasteiger partial charge in [-0.2, -0.15) is 0 Å². The zero-order chi connectivity index (χ0) is 13.5. The number of aromatic nitrogens is 1. The summed E-state index contributed by atoms with van der Waals surface area (Å²) in [5, 5.41) is 8.80. The van der Waals surface area contributed by atoms with Crippen molar-refractivity contribution < 1.29 is 9.90 Å². The zero-order valence-corrected chi connectivity index (χ0v) is 11.1. The number of carboxylic acid groups (broad SMARTS) is 1. The Balaban J connectivity index is 2.78. The van der Waals surface area contributed by atoms with Crippen LogP contribution in [0.4, 0.5) is 0 Å². The van der Waals surface area contributed by atoms with Gasteiger partial charge in [0, 0.05) is 18.8 Å². The lowest BCUT2D eigenvalue weighted by Crippen LogP contribution is -2.24. The minimum Gasteiger partial charge on any atom is -0.478 e. The van der Waals surface area contributed by atoms with Gasteiger partial charge in [0.1, 0.15) is 0 Å². The maximum atomic E-state index is 11.8. The van der Waals surface area contributed by atoms with E-state index < -0.39 is 5.97 Å². The van der Waals surface area contributed by atoms with Crippen molar-refractivity contribution in [2.24, 2.45) is 5.92 Å². The number of carboxylic acids is 1. The van der Waals surface area contributed by atoms with Crippen LogP contribution in [0, 0.1) is 5.92 Å². The Bertz CT molecular complexity index is 451. The average molecular weight is 251 g/mol. The predicted molar refractivity (Wildman–Crippen MR) is 71.0 cm³/mol. The van der Waals surface area contributed by atoms with E-state index in [1.807, 2.05) is 0 Å². The molecule has 1 aromatic rings. The zero-order valence-electron chi connectivity index (χ0n) is 11.1. The number of pyridine rings is 1. The van der Waals surface area contributed by atoms with E-state index in [2.05, 4.69) is 13.8 Å². The molecule has 0 aliphatic heterocycles. The van der Waals surface area contributed by atoms with Crippen molar-refractivity contribution in [2.75, 3.05) is 0 Å². The van der Waals surface area contributed by atoms with Crippen LogP contribution >= 0.6 is 0 Å². The molecule has 100 valence electrons. The summed E-state index contributed by atoms with van der Waals surface area (Å²) in [6.45, 7) is 4.95. The highest BCUT2D eigenvalue weighted by Crippen LogP contribution is 2.14. The van der Waals surface area contributed by atoms with Crippen LogP contribution in [0.1, 0.15) is 49.9 Å². The van der Waals surface area contributed by atoms with Crippen LogP contribution in [0.25, 0.3) is 0 Å². The molecule has 0 fully saturated rings. The van der Waals surface area contributed by atoms with Gasteiger partial charge in [-0.3, -0.25) is 4.79 Å². The van der Waals surface area contributed by atoms with Crippen LogP contribution in [-0.4, -0.2) is 15.6 Å². The molecule has 0 saturated carbocycles. The van der Waals surface area contributed by atoms with Crippen molar-refractivity contribution in [3.8, 4) is 0 Å². The fourth-order valence-corrected chi connectivity index (χ4v) is 1.99. The molecular weight excluding hydrogens is 230 g/mol. The molecule has 4 heteroatoms. The number of aromatic carboxylic acids is 1. The first-order valence-corrected chi connectivity index (χ1v) is 6.52. The van der Waals surface area contributed by atoms with Crippen LogP contribution in [-0.2, 0) is 6.54 Å². The van der Waals surface area contributed by atoms with E-state index >= 15 is 0 Å². The average Bonchev–Trinajstić information content (AvgIpc) is 2.35. The smallest absolute Gasteiger partial charge is 0.335 e. The van der Waals surface area contributed by atoms with Gasteiger partial charge in [-0.25, -0.2) is 4.79 Å². The Labute approximate surface area is 107 Å². The minimum absolute atomic E-state index is 0.0536. The van der Waals surface area contributed by atoms with Gasteiger partial charge in [-0.15, -0.1) is 0 Å². The Morgan fingerprint density at radius 1 is 1.44 bits per heavy atom. The minimum atomic E-state index is -1.06. The second kappa shape index (κ2) is 6.99. The summed E-state index contributed by atoms with van der Waals surface area (Å²) >= 11 is 0. The Morgan fingerprint density at radius 2 is 2.17 bits per heavy atom. The molecule has 1 rings (SSSR count). The van der Waals surface area contributed by atoms with Gasteiger partial charge in [0.15, 0.2) is 0 Å². The first-order valence-electron chi connectivity index (χ1n) is 6.52. The number of nitrogens with zero attached hydrogens (tertiary/aromatic N) is 1. The summed E-state index contributed by atoms with van der Waals surface area (Å²) in [6, 6.07) is 2.67. The van der Waals surface area contributed by atoms with Crippen molar-refractivity contribution in [3.63, 3.8) is 0 Å². The molecular formula is C14H21NO3. The lowest BCUT2D eigenvalue weighted by molar-refractivity contribution is 0.0696. The Hall–Kier alpha value is -1.58. The van der Waals surface area contributed by atoms with Gasteiger partial charge in [0.25, 0.3) is 5.56 Å². The maximum absolute atomic E-state index is 11.8. The first-order chi connectivity index (χ1) is 8.58. The molecule has 0 bridgehead atoms. The van der Waals surface area contributed by atoms with E-state index in [0.717, 1.165) is 19.3 Å². The lowest BCUT2D eigenvalue weighted by atomic mass is 9.99. The largest absolute Gasteiger partial charge is 0.478 e. The van der Waals surface area contributed by atoms with Crippen LogP contribution < -0.4 is 5.56 Å². The summed E-state index contributed by atoms with van der Waals surface area (Å²) in [7, 11) is 0. The normalized spacial score (nSPS) is 12.3. The maximum Gasteiger partial charge on any atom is 0.335 e. The summed E-state index contributed by atoms with van der Waals surface area (Å²) in [5.41, 5.74) is -0.178. The molecule has 0 saturated heterocycles. The van der Waals surface area contributed by atoms with Gasteiger partial charge in [-0.1, -0.05) is 33.1 Å². The fourth-order valence-electron chi connectivity index (χ4n) is 1.99. The van der Waals surface area contributed by atoms with Crippen molar-refractivity contribution in [1.82, 2.24) is 4.57 Å². The molecule has 0 spiro atoms. The summed E-state index contributed by atoms with van der Waals surface area (Å²) in [4.78, 5) is 22.5. The standard InChI is InChI=1S/C14H21NO3/c1-3-5-6-11(4-2)10-15-8-7-12(14(17)18)9-13(15)16/h7-9,11H,3-6,10H2,1-2H3,(H,17,18)/t11-/m0/s1. The fraction of sp³-hybridized carbons (Fsp3) is 0.571. The van der Waals surface area contributed by atoms with Gasteiger partial charge in [0.2, 0.25) is 0 Å². The third kappa shape index (κ3) is 4.02. The summed E-state index contributed by atoms with van der Waals surface area (Å²) in [5.74, 6) is -0.574. The number of hydrogen-bond acceptors (Lipinski definition) is 2. The number of rotatable bonds is 7. The van der Waals surface area contributed by atoms with E-state index in [9.17, 15) is 9.59 Å². The Kier molecular flexibility index (Phi) is 5.62. The molecule has 0 aromatic carbocycles. The second-order valence-corrected chi connectivity index (χ2v) is 4.63. The summed E-state index contributed by atoms with van der Waals surface area (Å²) in [6.07, 6.45) is 6.05. The van der Waals surface area contributed by atoms with Gasteiger partial charge in [-0.05, 0) is 18.4 Å². The third-order valence-electron chi connectivity index (χ3n) is 3.24. The van der Waals surface area contributed by atoms with Crippen molar-refractivity contribution in [1.29, 1.82) is 0 Å². The highest BCUT2D eigenvalue weighted by Gasteiger charge is 2.09. The molecule has 1 heterocycles. The Morgan fingerprint density at radius 3 is 2.67 bits per heavy atom. The monoisotopic (exact) mass is 251 g/mol. The van der Waals surface area contributed by atoms with E-state index in [1.165, 1.54) is 18.6 Å². The topological polar surface area (TPSA) is 59.3 Å². The molecule has 0 aliphatic carbocycles. The van der Waals surface area contributed by atoms with Crippen LogP contribution in [0.5, 0.6) is 0 Å². The predicted octanol–water partition coefficient (Wildman–Crippen LogP) is 2.76.